The lowest BCUT2D eigenvalue weighted by Crippen LogP contribution is -2.37. The van der Waals surface area contributed by atoms with Crippen LogP contribution < -0.4 is 5.73 Å². The number of halogens is 2. The number of nitrogens with zero attached hydrogens (tertiary/aromatic N) is 3. The molecule has 7 heteroatoms. The monoisotopic (exact) mass is 320 g/mol. The molecular weight excluding hydrogens is 299 g/mol. The number of rotatable bonds is 3. The zero-order chi connectivity index (χ0) is 14.2. The van der Waals surface area contributed by atoms with Gasteiger partial charge in [0.25, 0.3) is 0 Å². The summed E-state index contributed by atoms with van der Waals surface area (Å²) in [6.07, 6.45) is 0.986. The minimum atomic E-state index is 0. The Labute approximate surface area is 130 Å². The maximum atomic E-state index is 12.3. The highest BCUT2D eigenvalue weighted by molar-refractivity contribution is 6.31. The van der Waals surface area contributed by atoms with Crippen molar-refractivity contribution in [3.05, 3.63) is 16.4 Å². The number of aryl methyl sites for hydroxylation is 1. The first-order chi connectivity index (χ1) is 8.93. The number of nitrogens with two attached hydrogens (primary N) is 1. The van der Waals surface area contributed by atoms with Crippen molar-refractivity contribution in [1.82, 2.24) is 14.7 Å². The molecule has 2 rings (SSSR count). The highest BCUT2D eigenvalue weighted by Gasteiger charge is 2.31. The normalized spacial score (nSPS) is 21.9. The smallest absolute Gasteiger partial charge is 0.244 e. The number of carbonyl (C=O) groups excluding carboxylic acids is 1. The lowest BCUT2D eigenvalue weighted by Gasteiger charge is -2.21. The van der Waals surface area contributed by atoms with Crippen LogP contribution in [0.5, 0.6) is 0 Å². The quantitative estimate of drug-likeness (QED) is 0.923. The van der Waals surface area contributed by atoms with Crippen molar-refractivity contribution >= 4 is 29.9 Å². The van der Waals surface area contributed by atoms with Crippen molar-refractivity contribution in [2.24, 2.45) is 11.7 Å². The van der Waals surface area contributed by atoms with Crippen LogP contribution >= 0.6 is 24.0 Å². The molecule has 1 aromatic rings. The first-order valence-corrected chi connectivity index (χ1v) is 7.00. The molecule has 2 atom stereocenters. The van der Waals surface area contributed by atoms with Gasteiger partial charge in [-0.3, -0.25) is 9.48 Å². The first-order valence-electron chi connectivity index (χ1n) is 6.63. The second kappa shape index (κ2) is 6.78. The third-order valence-corrected chi connectivity index (χ3v) is 4.44. The minimum absolute atomic E-state index is 0. The van der Waals surface area contributed by atoms with Crippen molar-refractivity contribution in [3.8, 4) is 0 Å². The first kappa shape index (κ1) is 17.3. The molecule has 0 saturated carbocycles. The summed E-state index contributed by atoms with van der Waals surface area (Å²) in [6.45, 7) is 7.44. The predicted molar refractivity (Wildman–Crippen MR) is 82.3 cm³/mol. The second-order valence-electron chi connectivity index (χ2n) is 5.38. The third-order valence-electron chi connectivity index (χ3n) is 3.89. The van der Waals surface area contributed by atoms with Gasteiger partial charge in [-0.25, -0.2) is 0 Å². The van der Waals surface area contributed by atoms with Crippen molar-refractivity contribution in [2.45, 2.75) is 39.8 Å². The van der Waals surface area contributed by atoms with E-state index in [4.69, 9.17) is 17.3 Å². The number of hydrogen-bond acceptors (Lipinski definition) is 3. The van der Waals surface area contributed by atoms with E-state index in [1.165, 1.54) is 0 Å². The third kappa shape index (κ3) is 3.27. The molecule has 1 fully saturated rings. The Morgan fingerprint density at radius 2 is 2.15 bits per heavy atom. The van der Waals surface area contributed by atoms with Crippen LogP contribution in [-0.4, -0.2) is 39.7 Å². The number of amides is 1. The van der Waals surface area contributed by atoms with Crippen LogP contribution in [0.15, 0.2) is 0 Å². The average Bonchev–Trinajstić information content (AvgIpc) is 2.86. The number of aromatic nitrogens is 2. The maximum absolute atomic E-state index is 12.3. The molecule has 1 aliphatic heterocycles. The van der Waals surface area contributed by atoms with E-state index in [0.29, 0.717) is 17.5 Å². The van der Waals surface area contributed by atoms with Gasteiger partial charge in [0.15, 0.2) is 0 Å². The van der Waals surface area contributed by atoms with Crippen LogP contribution in [-0.2, 0) is 11.3 Å². The predicted octanol–water partition coefficient (Wildman–Crippen LogP) is 1.77. The molecule has 0 aromatic carbocycles. The Hall–Kier alpha value is -0.780. The van der Waals surface area contributed by atoms with Crippen molar-refractivity contribution in [2.75, 3.05) is 13.1 Å². The summed E-state index contributed by atoms with van der Waals surface area (Å²) in [5.41, 5.74) is 7.29. The minimum Gasteiger partial charge on any atom is -0.338 e. The number of hydrogen-bond donors (Lipinski definition) is 1. The van der Waals surface area contributed by atoms with Gasteiger partial charge in [-0.2, -0.15) is 5.10 Å². The summed E-state index contributed by atoms with van der Waals surface area (Å²) in [7, 11) is 0. The number of likely N-dealkylation sites (tertiary alicyclic amines) is 1. The lowest BCUT2D eigenvalue weighted by atomic mass is 10.1. The molecule has 0 radical (unpaired) electrons. The highest BCUT2D eigenvalue weighted by Crippen LogP contribution is 2.23. The van der Waals surface area contributed by atoms with Crippen LogP contribution in [0.4, 0.5) is 0 Å². The molecule has 0 aliphatic carbocycles. The Balaban J connectivity index is 0.00000200. The van der Waals surface area contributed by atoms with Gasteiger partial charge in [0, 0.05) is 12.6 Å². The molecular formula is C13H22Cl2N4O. The van der Waals surface area contributed by atoms with Gasteiger partial charge in [-0.1, -0.05) is 11.6 Å². The molecule has 2 heterocycles. The van der Waals surface area contributed by atoms with E-state index >= 15 is 0 Å². The SMILES string of the molecule is Cc1nn(CC(=O)N2CC(CN)CC2C)c(C)c1Cl.Cl. The summed E-state index contributed by atoms with van der Waals surface area (Å²) in [5.74, 6) is 0.508. The van der Waals surface area contributed by atoms with Gasteiger partial charge in [-0.15, -0.1) is 12.4 Å². The van der Waals surface area contributed by atoms with E-state index in [1.54, 1.807) is 4.68 Å². The standard InChI is InChI=1S/C13H21ClN4O.ClH/c1-8-4-11(5-15)6-17(8)12(19)7-18-10(3)13(14)9(2)16-18;/h8,11H,4-7,15H2,1-3H3;1H. The molecule has 1 aromatic heterocycles. The molecule has 20 heavy (non-hydrogen) atoms. The Morgan fingerprint density at radius 3 is 2.60 bits per heavy atom. The molecule has 0 spiro atoms. The van der Waals surface area contributed by atoms with E-state index in [0.717, 1.165) is 24.4 Å². The van der Waals surface area contributed by atoms with Gasteiger partial charge >= 0.3 is 0 Å². The molecule has 2 unspecified atom stereocenters. The molecule has 2 N–H and O–H groups in total. The van der Waals surface area contributed by atoms with Crippen molar-refractivity contribution in [1.29, 1.82) is 0 Å². The summed E-state index contributed by atoms with van der Waals surface area (Å²) in [4.78, 5) is 14.2. The summed E-state index contributed by atoms with van der Waals surface area (Å²) >= 11 is 6.09. The Kier molecular flexibility index (Phi) is 5.86. The molecule has 5 nitrogen and oxygen atoms in total. The van der Waals surface area contributed by atoms with Crippen LogP contribution in [0.1, 0.15) is 24.7 Å². The maximum Gasteiger partial charge on any atom is 0.244 e. The summed E-state index contributed by atoms with van der Waals surface area (Å²) in [5, 5.41) is 4.94. The van der Waals surface area contributed by atoms with E-state index < -0.39 is 0 Å². The van der Waals surface area contributed by atoms with Gasteiger partial charge in [0.05, 0.1) is 16.4 Å². The molecule has 0 bridgehead atoms. The number of carbonyl (C=O) groups is 1. The van der Waals surface area contributed by atoms with Gasteiger partial charge in [0.2, 0.25) is 5.91 Å². The van der Waals surface area contributed by atoms with E-state index in [-0.39, 0.29) is 30.9 Å². The fourth-order valence-electron chi connectivity index (χ4n) is 2.71. The largest absolute Gasteiger partial charge is 0.338 e. The van der Waals surface area contributed by atoms with Gasteiger partial charge < -0.3 is 10.6 Å². The second-order valence-corrected chi connectivity index (χ2v) is 5.75. The van der Waals surface area contributed by atoms with Gasteiger partial charge in [-0.05, 0) is 39.7 Å². The summed E-state index contributed by atoms with van der Waals surface area (Å²) in [6, 6.07) is 0.258. The van der Waals surface area contributed by atoms with E-state index in [1.807, 2.05) is 18.7 Å². The Morgan fingerprint density at radius 1 is 1.50 bits per heavy atom. The zero-order valence-corrected chi connectivity index (χ0v) is 13.7. The fourth-order valence-corrected chi connectivity index (χ4v) is 2.84. The average molecular weight is 321 g/mol. The zero-order valence-electron chi connectivity index (χ0n) is 12.1. The summed E-state index contributed by atoms with van der Waals surface area (Å²) < 4.78 is 1.68. The molecule has 114 valence electrons. The van der Waals surface area contributed by atoms with Crippen LogP contribution in [0.3, 0.4) is 0 Å². The van der Waals surface area contributed by atoms with E-state index in [2.05, 4.69) is 12.0 Å². The van der Waals surface area contributed by atoms with Crippen LogP contribution in [0, 0.1) is 19.8 Å². The van der Waals surface area contributed by atoms with Crippen LogP contribution in [0.25, 0.3) is 0 Å². The molecule has 1 aliphatic rings. The topological polar surface area (TPSA) is 64.2 Å². The highest BCUT2D eigenvalue weighted by atomic mass is 35.5. The van der Waals surface area contributed by atoms with Crippen LogP contribution in [0.2, 0.25) is 5.02 Å². The van der Waals surface area contributed by atoms with E-state index in [9.17, 15) is 4.79 Å². The van der Waals surface area contributed by atoms with Gasteiger partial charge in [0.1, 0.15) is 6.54 Å². The lowest BCUT2D eigenvalue weighted by molar-refractivity contribution is -0.132. The fraction of sp³-hybridized carbons (Fsp3) is 0.692. The molecule has 1 saturated heterocycles. The Bertz CT molecular complexity index is 489. The van der Waals surface area contributed by atoms with Crippen molar-refractivity contribution in [3.63, 3.8) is 0 Å². The van der Waals surface area contributed by atoms with Crippen molar-refractivity contribution < 1.29 is 4.79 Å². The molecule has 1 amide bonds.